The lowest BCUT2D eigenvalue weighted by Crippen LogP contribution is -2.27. The van der Waals surface area contributed by atoms with Crippen LogP contribution in [0.25, 0.3) is 10.9 Å². The Balaban J connectivity index is 2.35. The third-order valence-electron chi connectivity index (χ3n) is 2.82. The largest absolute Gasteiger partial charge is 0.383 e. The van der Waals surface area contributed by atoms with E-state index in [-0.39, 0.29) is 0 Å². The van der Waals surface area contributed by atoms with Crippen LogP contribution in [0.2, 0.25) is 0 Å². The van der Waals surface area contributed by atoms with Gasteiger partial charge in [-0.3, -0.25) is 4.98 Å². The highest BCUT2D eigenvalue weighted by atomic mass is 16.5. The molecule has 0 aliphatic carbocycles. The van der Waals surface area contributed by atoms with Crippen molar-refractivity contribution < 1.29 is 9.84 Å². The number of aromatic nitrogens is 1. The molecule has 1 atom stereocenters. The van der Waals surface area contributed by atoms with Crippen LogP contribution < -0.4 is 0 Å². The number of ether oxygens (including phenoxy) is 1. The Bertz CT molecular complexity index is 508. The van der Waals surface area contributed by atoms with Crippen LogP contribution in [-0.2, 0) is 10.3 Å². The maximum absolute atomic E-state index is 10.3. The highest BCUT2D eigenvalue weighted by Crippen LogP contribution is 2.24. The molecule has 1 aromatic heterocycles. The van der Waals surface area contributed by atoms with Gasteiger partial charge in [0, 0.05) is 18.2 Å². The van der Waals surface area contributed by atoms with Crippen LogP contribution in [0.5, 0.6) is 0 Å². The number of hydrogen-bond donors (Lipinski definition) is 1. The first-order valence-corrected chi connectivity index (χ1v) is 5.79. The molecule has 3 heteroatoms. The number of aliphatic hydroxyl groups is 1. The van der Waals surface area contributed by atoms with E-state index in [1.165, 1.54) is 0 Å². The summed E-state index contributed by atoms with van der Waals surface area (Å²) in [6.07, 6.45) is 1.75. The number of rotatable bonds is 4. The van der Waals surface area contributed by atoms with Gasteiger partial charge in [-0.25, -0.2) is 0 Å². The second kappa shape index (κ2) is 4.82. The average Bonchev–Trinajstić information content (AvgIpc) is 2.36. The molecule has 0 fully saturated rings. The van der Waals surface area contributed by atoms with E-state index in [0.29, 0.717) is 13.2 Å². The van der Waals surface area contributed by atoms with Crippen LogP contribution in [0.1, 0.15) is 19.4 Å². The second-order valence-corrected chi connectivity index (χ2v) is 4.32. The third-order valence-corrected chi connectivity index (χ3v) is 2.82. The van der Waals surface area contributed by atoms with Gasteiger partial charge in [0.05, 0.1) is 12.1 Å². The second-order valence-electron chi connectivity index (χ2n) is 4.32. The molecule has 1 N–H and O–H groups in total. The lowest BCUT2D eigenvalue weighted by atomic mass is 9.96. The van der Waals surface area contributed by atoms with Crippen molar-refractivity contribution in [3.05, 3.63) is 42.1 Å². The number of pyridine rings is 1. The average molecular weight is 231 g/mol. The molecule has 17 heavy (non-hydrogen) atoms. The number of fused-ring (bicyclic) bond motifs is 1. The summed E-state index contributed by atoms with van der Waals surface area (Å²) in [6, 6.07) is 9.71. The molecule has 3 nitrogen and oxygen atoms in total. The molecule has 0 aliphatic rings. The van der Waals surface area contributed by atoms with Crippen molar-refractivity contribution in [3.63, 3.8) is 0 Å². The fraction of sp³-hybridized carbons (Fsp3) is 0.357. The van der Waals surface area contributed by atoms with Gasteiger partial charge in [-0.15, -0.1) is 0 Å². The molecular formula is C14H17NO2. The summed E-state index contributed by atoms with van der Waals surface area (Å²) < 4.78 is 5.29. The van der Waals surface area contributed by atoms with Gasteiger partial charge in [0.25, 0.3) is 0 Å². The van der Waals surface area contributed by atoms with E-state index in [9.17, 15) is 5.11 Å². The fourth-order valence-electron chi connectivity index (χ4n) is 1.79. The molecule has 0 saturated heterocycles. The zero-order chi connectivity index (χ0) is 12.3. The van der Waals surface area contributed by atoms with Crippen molar-refractivity contribution in [2.45, 2.75) is 19.4 Å². The smallest absolute Gasteiger partial charge is 0.110 e. The summed E-state index contributed by atoms with van der Waals surface area (Å²) in [4.78, 5) is 4.28. The standard InChI is InChI=1S/C14H17NO2/c1-3-17-10-14(2,16)12-7-6-11-5-4-8-15-13(11)9-12/h4-9,16H,3,10H2,1-2H3. The van der Waals surface area contributed by atoms with Crippen molar-refractivity contribution in [3.8, 4) is 0 Å². The van der Waals surface area contributed by atoms with Gasteiger partial charge in [-0.1, -0.05) is 18.2 Å². The fourth-order valence-corrected chi connectivity index (χ4v) is 1.79. The first kappa shape index (κ1) is 12.0. The van der Waals surface area contributed by atoms with Crippen LogP contribution in [0, 0.1) is 0 Å². The summed E-state index contributed by atoms with van der Waals surface area (Å²) in [5.74, 6) is 0. The Morgan fingerprint density at radius 1 is 1.35 bits per heavy atom. The van der Waals surface area contributed by atoms with Gasteiger partial charge in [0.15, 0.2) is 0 Å². The van der Waals surface area contributed by atoms with E-state index in [1.807, 2.05) is 37.3 Å². The topological polar surface area (TPSA) is 42.4 Å². The highest BCUT2D eigenvalue weighted by Gasteiger charge is 2.23. The van der Waals surface area contributed by atoms with Crippen LogP contribution in [0.3, 0.4) is 0 Å². The van der Waals surface area contributed by atoms with Crippen molar-refractivity contribution in [2.75, 3.05) is 13.2 Å². The molecule has 1 aromatic carbocycles. The van der Waals surface area contributed by atoms with Crippen LogP contribution >= 0.6 is 0 Å². The highest BCUT2D eigenvalue weighted by molar-refractivity contribution is 5.79. The van der Waals surface area contributed by atoms with E-state index in [2.05, 4.69) is 4.98 Å². The van der Waals surface area contributed by atoms with Crippen molar-refractivity contribution in [2.24, 2.45) is 0 Å². The van der Waals surface area contributed by atoms with Crippen molar-refractivity contribution >= 4 is 10.9 Å². The number of nitrogens with zero attached hydrogens (tertiary/aromatic N) is 1. The van der Waals surface area contributed by atoms with Crippen LogP contribution in [0.4, 0.5) is 0 Å². The predicted molar refractivity (Wildman–Crippen MR) is 67.8 cm³/mol. The molecule has 0 saturated carbocycles. The maximum atomic E-state index is 10.3. The first-order valence-electron chi connectivity index (χ1n) is 5.79. The molecule has 0 spiro atoms. The Morgan fingerprint density at radius 3 is 2.94 bits per heavy atom. The van der Waals surface area contributed by atoms with Gasteiger partial charge in [0.1, 0.15) is 5.60 Å². The molecule has 0 aliphatic heterocycles. The molecule has 2 rings (SSSR count). The van der Waals surface area contributed by atoms with E-state index in [1.54, 1.807) is 13.1 Å². The van der Waals surface area contributed by atoms with Gasteiger partial charge >= 0.3 is 0 Å². The zero-order valence-electron chi connectivity index (χ0n) is 10.2. The third kappa shape index (κ3) is 2.62. The quantitative estimate of drug-likeness (QED) is 0.879. The summed E-state index contributed by atoms with van der Waals surface area (Å²) in [5, 5.41) is 11.4. The summed E-state index contributed by atoms with van der Waals surface area (Å²) >= 11 is 0. The minimum Gasteiger partial charge on any atom is -0.383 e. The van der Waals surface area contributed by atoms with Gasteiger partial charge < -0.3 is 9.84 Å². The monoisotopic (exact) mass is 231 g/mol. The van der Waals surface area contributed by atoms with Crippen LogP contribution in [-0.4, -0.2) is 23.3 Å². The molecular weight excluding hydrogens is 214 g/mol. The lowest BCUT2D eigenvalue weighted by Gasteiger charge is -2.23. The first-order chi connectivity index (χ1) is 8.13. The molecule has 90 valence electrons. The van der Waals surface area contributed by atoms with Crippen LogP contribution in [0.15, 0.2) is 36.5 Å². The molecule has 0 bridgehead atoms. The van der Waals surface area contributed by atoms with E-state index in [4.69, 9.17) is 4.74 Å². The molecule has 1 unspecified atom stereocenters. The zero-order valence-corrected chi connectivity index (χ0v) is 10.2. The minimum absolute atomic E-state index is 0.293. The summed E-state index contributed by atoms with van der Waals surface area (Å²) in [6.45, 7) is 4.56. The van der Waals surface area contributed by atoms with Gasteiger partial charge in [0.2, 0.25) is 0 Å². The van der Waals surface area contributed by atoms with E-state index >= 15 is 0 Å². The minimum atomic E-state index is -0.971. The number of hydrogen-bond acceptors (Lipinski definition) is 3. The Hall–Kier alpha value is -1.45. The Morgan fingerprint density at radius 2 is 2.18 bits per heavy atom. The molecule has 0 amide bonds. The predicted octanol–water partition coefficient (Wildman–Crippen LogP) is 2.48. The van der Waals surface area contributed by atoms with Gasteiger partial charge in [-0.2, -0.15) is 0 Å². The molecule has 0 radical (unpaired) electrons. The van der Waals surface area contributed by atoms with Crippen molar-refractivity contribution in [1.29, 1.82) is 0 Å². The molecule has 1 heterocycles. The maximum Gasteiger partial charge on any atom is 0.110 e. The summed E-state index contributed by atoms with van der Waals surface area (Å²) in [5.41, 5.74) is 0.751. The van der Waals surface area contributed by atoms with Crippen molar-refractivity contribution in [1.82, 2.24) is 4.98 Å². The lowest BCUT2D eigenvalue weighted by molar-refractivity contribution is -0.0342. The van der Waals surface area contributed by atoms with E-state index in [0.717, 1.165) is 16.5 Å². The Kier molecular flexibility index (Phi) is 3.41. The molecule has 2 aromatic rings. The SMILES string of the molecule is CCOCC(C)(O)c1ccc2cccnc2c1. The summed E-state index contributed by atoms with van der Waals surface area (Å²) in [7, 11) is 0. The van der Waals surface area contributed by atoms with Gasteiger partial charge in [-0.05, 0) is 31.5 Å². The Labute approximate surface area is 101 Å². The number of benzene rings is 1. The van der Waals surface area contributed by atoms with E-state index < -0.39 is 5.60 Å². The normalized spacial score (nSPS) is 14.8.